The third kappa shape index (κ3) is 4.26. The fourth-order valence-corrected chi connectivity index (χ4v) is 2.20. The molecular formula is C17H21FN2O. The molecular weight excluding hydrogens is 267 g/mol. The van der Waals surface area contributed by atoms with Crippen LogP contribution in [0.4, 0.5) is 4.39 Å². The maximum Gasteiger partial charge on any atom is 0.141 e. The molecule has 1 heterocycles. The van der Waals surface area contributed by atoms with Gasteiger partial charge in [0.25, 0.3) is 0 Å². The van der Waals surface area contributed by atoms with E-state index in [1.807, 2.05) is 31.3 Å². The van der Waals surface area contributed by atoms with Crippen LogP contribution in [0.15, 0.2) is 42.7 Å². The molecule has 0 amide bonds. The number of hydrogen-bond donors (Lipinski definition) is 1. The van der Waals surface area contributed by atoms with Crippen molar-refractivity contribution in [3.63, 3.8) is 0 Å². The Labute approximate surface area is 125 Å². The Morgan fingerprint density at radius 3 is 2.57 bits per heavy atom. The van der Waals surface area contributed by atoms with Crippen molar-refractivity contribution in [1.82, 2.24) is 10.3 Å². The number of nitrogens with one attached hydrogen (secondary N) is 1. The second-order valence-corrected chi connectivity index (χ2v) is 4.93. The summed E-state index contributed by atoms with van der Waals surface area (Å²) in [7, 11) is 1.85. The summed E-state index contributed by atoms with van der Waals surface area (Å²) in [5.74, 6) is 0.534. The molecule has 0 bridgehead atoms. The lowest BCUT2D eigenvalue weighted by molar-refractivity contribution is 0.309. The lowest BCUT2D eigenvalue weighted by Gasteiger charge is -2.17. The van der Waals surface area contributed by atoms with Gasteiger partial charge in [0, 0.05) is 6.20 Å². The highest BCUT2D eigenvalue weighted by atomic mass is 19.1. The van der Waals surface area contributed by atoms with Gasteiger partial charge in [-0.15, -0.1) is 0 Å². The molecule has 0 aliphatic carbocycles. The molecule has 0 spiro atoms. The number of pyridine rings is 1. The van der Waals surface area contributed by atoms with Crippen molar-refractivity contribution < 1.29 is 9.13 Å². The van der Waals surface area contributed by atoms with Crippen LogP contribution in [0.2, 0.25) is 0 Å². The zero-order valence-electron chi connectivity index (χ0n) is 12.5. The van der Waals surface area contributed by atoms with Crippen LogP contribution >= 0.6 is 0 Å². The fraction of sp³-hybridized carbons (Fsp3) is 0.353. The average molecular weight is 288 g/mol. The number of rotatable bonds is 7. The molecule has 1 aromatic heterocycles. The first-order chi connectivity index (χ1) is 10.2. The van der Waals surface area contributed by atoms with Gasteiger partial charge in [0.05, 0.1) is 18.8 Å². The molecule has 4 heteroatoms. The van der Waals surface area contributed by atoms with Gasteiger partial charge in [-0.3, -0.25) is 4.98 Å². The van der Waals surface area contributed by atoms with Gasteiger partial charge in [-0.2, -0.15) is 0 Å². The molecule has 0 saturated carbocycles. The molecule has 1 aromatic carbocycles. The van der Waals surface area contributed by atoms with E-state index >= 15 is 0 Å². The van der Waals surface area contributed by atoms with E-state index in [-0.39, 0.29) is 11.9 Å². The number of aromatic nitrogens is 1. The quantitative estimate of drug-likeness (QED) is 0.789. The largest absolute Gasteiger partial charge is 0.494 e. The summed E-state index contributed by atoms with van der Waals surface area (Å²) in [6.45, 7) is 2.87. The van der Waals surface area contributed by atoms with E-state index in [0.29, 0.717) is 0 Å². The number of ether oxygens (including phenoxy) is 1. The van der Waals surface area contributed by atoms with Crippen LogP contribution in [-0.2, 0) is 0 Å². The average Bonchev–Trinajstić information content (AvgIpc) is 2.50. The van der Waals surface area contributed by atoms with Gasteiger partial charge < -0.3 is 10.1 Å². The Hall–Kier alpha value is -1.94. The minimum atomic E-state index is -0.327. The first kappa shape index (κ1) is 15.4. The predicted molar refractivity (Wildman–Crippen MR) is 81.9 cm³/mol. The van der Waals surface area contributed by atoms with Gasteiger partial charge in [0.1, 0.15) is 11.6 Å². The fourth-order valence-electron chi connectivity index (χ4n) is 2.20. The number of halogens is 1. The van der Waals surface area contributed by atoms with Crippen LogP contribution < -0.4 is 10.1 Å². The van der Waals surface area contributed by atoms with Crippen LogP contribution in [0, 0.1) is 5.82 Å². The highest BCUT2D eigenvalue weighted by Crippen LogP contribution is 2.23. The summed E-state index contributed by atoms with van der Waals surface area (Å²) in [6, 6.07) is 9.29. The Morgan fingerprint density at radius 1 is 1.19 bits per heavy atom. The Bertz CT molecular complexity index is 557. The van der Waals surface area contributed by atoms with E-state index < -0.39 is 0 Å². The maximum absolute atomic E-state index is 13.3. The van der Waals surface area contributed by atoms with E-state index in [0.717, 1.165) is 36.3 Å². The van der Waals surface area contributed by atoms with Crippen molar-refractivity contribution in [3.05, 3.63) is 59.7 Å². The third-order valence-corrected chi connectivity index (χ3v) is 3.33. The van der Waals surface area contributed by atoms with Crippen molar-refractivity contribution in [3.8, 4) is 5.75 Å². The molecule has 2 rings (SSSR count). The molecule has 0 radical (unpaired) electrons. The van der Waals surface area contributed by atoms with E-state index in [9.17, 15) is 4.39 Å². The molecule has 1 N–H and O–H groups in total. The second-order valence-electron chi connectivity index (χ2n) is 4.93. The molecule has 2 aromatic rings. The standard InChI is InChI=1S/C17H21FN2O/c1-3-4-9-21-16-7-5-13(6-8-16)17(19-2)14-10-15(18)12-20-11-14/h5-8,10-12,17,19H,3-4,9H2,1-2H3. The first-order valence-electron chi connectivity index (χ1n) is 7.25. The summed E-state index contributed by atoms with van der Waals surface area (Å²) >= 11 is 0. The predicted octanol–water partition coefficient (Wildman–Crippen LogP) is 3.71. The van der Waals surface area contributed by atoms with E-state index in [2.05, 4.69) is 17.2 Å². The number of nitrogens with zero attached hydrogens (tertiary/aromatic N) is 1. The molecule has 1 unspecified atom stereocenters. The minimum absolute atomic E-state index is 0.0853. The van der Waals surface area contributed by atoms with Gasteiger partial charge in [0.15, 0.2) is 0 Å². The maximum atomic E-state index is 13.3. The van der Waals surface area contributed by atoms with Gasteiger partial charge in [-0.1, -0.05) is 25.5 Å². The van der Waals surface area contributed by atoms with Crippen LogP contribution in [0.3, 0.4) is 0 Å². The van der Waals surface area contributed by atoms with Crippen molar-refractivity contribution >= 4 is 0 Å². The Kier molecular flexibility index (Phi) is 5.69. The molecule has 0 saturated heterocycles. The van der Waals surface area contributed by atoms with E-state index in [4.69, 9.17) is 4.74 Å². The Balaban J connectivity index is 2.12. The Morgan fingerprint density at radius 2 is 1.95 bits per heavy atom. The van der Waals surface area contributed by atoms with Crippen LogP contribution in [0.25, 0.3) is 0 Å². The van der Waals surface area contributed by atoms with E-state index in [1.165, 1.54) is 12.3 Å². The smallest absolute Gasteiger partial charge is 0.141 e. The van der Waals surface area contributed by atoms with Crippen molar-refractivity contribution in [2.45, 2.75) is 25.8 Å². The molecule has 0 aliphatic rings. The molecule has 1 atom stereocenters. The summed E-state index contributed by atoms with van der Waals surface area (Å²) < 4.78 is 19.0. The van der Waals surface area contributed by atoms with Crippen molar-refractivity contribution in [1.29, 1.82) is 0 Å². The topological polar surface area (TPSA) is 34.1 Å². The summed E-state index contributed by atoms with van der Waals surface area (Å²) in [4.78, 5) is 3.91. The molecule has 112 valence electrons. The number of unbranched alkanes of at least 4 members (excludes halogenated alkanes) is 1. The summed E-state index contributed by atoms with van der Waals surface area (Å²) in [5.41, 5.74) is 1.85. The lowest BCUT2D eigenvalue weighted by atomic mass is 10.0. The molecule has 0 fully saturated rings. The highest BCUT2D eigenvalue weighted by Gasteiger charge is 2.13. The van der Waals surface area contributed by atoms with Crippen LogP contribution in [-0.4, -0.2) is 18.6 Å². The monoisotopic (exact) mass is 288 g/mol. The molecule has 3 nitrogen and oxygen atoms in total. The number of hydrogen-bond acceptors (Lipinski definition) is 3. The van der Waals surface area contributed by atoms with Gasteiger partial charge in [-0.05, 0) is 42.8 Å². The SMILES string of the molecule is CCCCOc1ccc(C(NC)c2cncc(F)c2)cc1. The van der Waals surface area contributed by atoms with Crippen molar-refractivity contribution in [2.75, 3.05) is 13.7 Å². The normalized spacial score (nSPS) is 12.1. The number of benzene rings is 1. The first-order valence-corrected chi connectivity index (χ1v) is 7.25. The summed E-state index contributed by atoms with van der Waals surface area (Å²) in [6.07, 6.45) is 5.05. The van der Waals surface area contributed by atoms with Crippen molar-refractivity contribution in [2.24, 2.45) is 0 Å². The zero-order valence-corrected chi connectivity index (χ0v) is 12.5. The molecule has 0 aliphatic heterocycles. The van der Waals surface area contributed by atoms with Crippen LogP contribution in [0.1, 0.15) is 36.9 Å². The highest BCUT2D eigenvalue weighted by molar-refractivity contribution is 5.34. The lowest BCUT2D eigenvalue weighted by Crippen LogP contribution is -2.18. The zero-order chi connectivity index (χ0) is 15.1. The second kappa shape index (κ2) is 7.74. The van der Waals surface area contributed by atoms with Gasteiger partial charge in [-0.25, -0.2) is 4.39 Å². The van der Waals surface area contributed by atoms with Gasteiger partial charge >= 0.3 is 0 Å². The molecule has 21 heavy (non-hydrogen) atoms. The van der Waals surface area contributed by atoms with E-state index in [1.54, 1.807) is 6.20 Å². The third-order valence-electron chi connectivity index (χ3n) is 3.33. The van der Waals surface area contributed by atoms with Gasteiger partial charge in [0.2, 0.25) is 0 Å². The van der Waals surface area contributed by atoms with Crippen LogP contribution in [0.5, 0.6) is 5.75 Å². The minimum Gasteiger partial charge on any atom is -0.494 e. The summed E-state index contributed by atoms with van der Waals surface area (Å²) in [5, 5.41) is 3.19.